The molecule has 0 saturated heterocycles. The molecule has 0 unspecified atom stereocenters. The molecule has 2 N–H and O–H groups in total. The fourth-order valence-corrected chi connectivity index (χ4v) is 0.918. The maximum Gasteiger partial charge on any atom is 0.316 e. The van der Waals surface area contributed by atoms with Gasteiger partial charge in [-0.15, -0.1) is 0 Å². The zero-order valence-corrected chi connectivity index (χ0v) is 7.07. The van der Waals surface area contributed by atoms with Crippen molar-refractivity contribution in [2.45, 2.75) is 5.92 Å². The van der Waals surface area contributed by atoms with Crippen molar-refractivity contribution in [2.24, 2.45) is 5.73 Å². The minimum absolute atomic E-state index is 0.278. The average molecular weight is 226 g/mol. The highest BCUT2D eigenvalue weighted by molar-refractivity contribution is 9.10. The van der Waals surface area contributed by atoms with Gasteiger partial charge in [-0.3, -0.25) is 0 Å². The van der Waals surface area contributed by atoms with Crippen molar-refractivity contribution >= 4 is 15.9 Å². The lowest BCUT2D eigenvalue weighted by Gasteiger charge is -2.08. The molecule has 0 saturated carbocycles. The van der Waals surface area contributed by atoms with Gasteiger partial charge in [-0.25, -0.2) is 0 Å². The van der Waals surface area contributed by atoms with E-state index in [0.29, 0.717) is 0 Å². The number of furan rings is 1. The first-order valence-corrected chi connectivity index (χ1v) is 3.69. The maximum absolute atomic E-state index is 12.7. The second-order valence-electron chi connectivity index (χ2n) is 2.01. The van der Waals surface area contributed by atoms with Gasteiger partial charge in [0, 0.05) is 0 Å². The summed E-state index contributed by atoms with van der Waals surface area (Å²) in [6.07, 6.45) is 0. The summed E-state index contributed by atoms with van der Waals surface area (Å²) in [7, 11) is 0. The fraction of sp³-hybridized carbons (Fsp3) is 0.333. The van der Waals surface area contributed by atoms with Crippen molar-refractivity contribution < 1.29 is 13.2 Å². The number of rotatable bonds is 2. The van der Waals surface area contributed by atoms with Crippen LogP contribution in [0.1, 0.15) is 5.76 Å². The standard InChI is InChI=1S/C6H6BrF2NO/c7-5-2-1-4(11-5)6(8,9)3-10/h1-2H,3,10H2. The number of hydrogen-bond donors (Lipinski definition) is 1. The first kappa shape index (κ1) is 8.67. The predicted octanol–water partition coefficient (Wildman–Crippen LogP) is 2.09. The second-order valence-corrected chi connectivity index (χ2v) is 2.79. The lowest BCUT2D eigenvalue weighted by atomic mass is 10.2. The maximum atomic E-state index is 12.7. The molecule has 1 aromatic rings. The van der Waals surface area contributed by atoms with Crippen LogP contribution < -0.4 is 5.73 Å². The highest BCUT2D eigenvalue weighted by Crippen LogP contribution is 2.29. The third kappa shape index (κ3) is 1.78. The molecular formula is C6H6BrF2NO. The minimum Gasteiger partial charge on any atom is -0.448 e. The van der Waals surface area contributed by atoms with Crippen molar-refractivity contribution in [3.05, 3.63) is 22.6 Å². The van der Waals surface area contributed by atoms with Gasteiger partial charge in [-0.05, 0) is 28.1 Å². The Hall–Kier alpha value is -0.420. The molecule has 1 rings (SSSR count). The Balaban J connectivity index is 2.92. The van der Waals surface area contributed by atoms with Gasteiger partial charge >= 0.3 is 5.92 Å². The van der Waals surface area contributed by atoms with Gasteiger partial charge in [0.05, 0.1) is 6.54 Å². The van der Waals surface area contributed by atoms with Crippen LogP contribution >= 0.6 is 15.9 Å². The molecule has 0 aromatic carbocycles. The zero-order valence-electron chi connectivity index (χ0n) is 5.48. The summed E-state index contributed by atoms with van der Waals surface area (Å²) < 4.78 is 30.2. The fourth-order valence-electron chi connectivity index (χ4n) is 0.611. The third-order valence-electron chi connectivity index (χ3n) is 1.19. The van der Waals surface area contributed by atoms with Gasteiger partial charge in [-0.2, -0.15) is 8.78 Å². The molecule has 0 aliphatic rings. The van der Waals surface area contributed by atoms with E-state index in [2.05, 4.69) is 20.3 Å². The van der Waals surface area contributed by atoms with E-state index >= 15 is 0 Å². The van der Waals surface area contributed by atoms with Crippen molar-refractivity contribution in [1.29, 1.82) is 0 Å². The molecule has 0 spiro atoms. The van der Waals surface area contributed by atoms with Crippen LogP contribution in [-0.4, -0.2) is 6.54 Å². The van der Waals surface area contributed by atoms with Gasteiger partial charge in [0.1, 0.15) is 0 Å². The molecule has 5 heteroatoms. The van der Waals surface area contributed by atoms with E-state index in [0.717, 1.165) is 0 Å². The normalized spacial score (nSPS) is 12.0. The number of alkyl halides is 2. The first-order valence-electron chi connectivity index (χ1n) is 2.90. The van der Waals surface area contributed by atoms with Gasteiger partial charge in [-0.1, -0.05) is 0 Å². The van der Waals surface area contributed by atoms with E-state index in [-0.39, 0.29) is 4.67 Å². The number of hydrogen-bond acceptors (Lipinski definition) is 2. The molecule has 0 fully saturated rings. The Morgan fingerprint density at radius 1 is 1.55 bits per heavy atom. The lowest BCUT2D eigenvalue weighted by Crippen LogP contribution is -2.24. The summed E-state index contributed by atoms with van der Waals surface area (Å²) in [5.41, 5.74) is 4.82. The molecule has 11 heavy (non-hydrogen) atoms. The van der Waals surface area contributed by atoms with E-state index in [4.69, 9.17) is 5.73 Å². The average Bonchev–Trinajstić information content (AvgIpc) is 2.36. The van der Waals surface area contributed by atoms with Crippen LogP contribution in [0.2, 0.25) is 0 Å². The first-order chi connectivity index (χ1) is 5.06. The molecule has 2 nitrogen and oxygen atoms in total. The van der Waals surface area contributed by atoms with Gasteiger partial charge in [0.15, 0.2) is 10.4 Å². The van der Waals surface area contributed by atoms with Crippen LogP contribution in [0.3, 0.4) is 0 Å². The van der Waals surface area contributed by atoms with Crippen LogP contribution in [0.15, 0.2) is 21.2 Å². The van der Waals surface area contributed by atoms with Crippen molar-refractivity contribution in [2.75, 3.05) is 6.54 Å². The predicted molar refractivity (Wildman–Crippen MR) is 39.4 cm³/mol. The molecule has 1 heterocycles. The van der Waals surface area contributed by atoms with Gasteiger partial charge in [0.2, 0.25) is 0 Å². The van der Waals surface area contributed by atoms with E-state index in [1.54, 1.807) is 0 Å². The highest BCUT2D eigenvalue weighted by Gasteiger charge is 2.33. The Kier molecular flexibility index (Phi) is 2.29. The molecule has 62 valence electrons. The molecule has 0 aliphatic carbocycles. The van der Waals surface area contributed by atoms with Gasteiger partial charge < -0.3 is 10.2 Å². The summed E-state index contributed by atoms with van der Waals surface area (Å²) in [5, 5.41) is 0. The molecule has 0 aliphatic heterocycles. The molecule has 0 bridgehead atoms. The summed E-state index contributed by atoms with van der Waals surface area (Å²) in [4.78, 5) is 0. The Labute approximate surface area is 70.5 Å². The van der Waals surface area contributed by atoms with E-state index in [9.17, 15) is 8.78 Å². The monoisotopic (exact) mass is 225 g/mol. The zero-order chi connectivity index (χ0) is 8.48. The topological polar surface area (TPSA) is 39.2 Å². The smallest absolute Gasteiger partial charge is 0.316 e. The molecule has 0 radical (unpaired) electrons. The molecule has 0 amide bonds. The summed E-state index contributed by atoms with van der Waals surface area (Å²) in [6.45, 7) is -0.743. The van der Waals surface area contributed by atoms with Crippen LogP contribution in [0, 0.1) is 0 Å². The Bertz CT molecular complexity index is 248. The van der Waals surface area contributed by atoms with Crippen LogP contribution in [-0.2, 0) is 5.92 Å². The van der Waals surface area contributed by atoms with Crippen molar-refractivity contribution in [3.8, 4) is 0 Å². The SMILES string of the molecule is NCC(F)(F)c1ccc(Br)o1. The van der Waals surface area contributed by atoms with Crippen LogP contribution in [0.5, 0.6) is 0 Å². The Morgan fingerprint density at radius 2 is 2.18 bits per heavy atom. The second kappa shape index (κ2) is 2.91. The molecule has 0 atom stereocenters. The van der Waals surface area contributed by atoms with E-state index < -0.39 is 18.2 Å². The quantitative estimate of drug-likeness (QED) is 0.838. The van der Waals surface area contributed by atoms with Crippen LogP contribution in [0.4, 0.5) is 8.78 Å². The summed E-state index contributed by atoms with van der Waals surface area (Å²) >= 11 is 2.91. The van der Waals surface area contributed by atoms with Gasteiger partial charge in [0.25, 0.3) is 0 Å². The van der Waals surface area contributed by atoms with Crippen LogP contribution in [0.25, 0.3) is 0 Å². The number of nitrogens with two attached hydrogens (primary N) is 1. The van der Waals surface area contributed by atoms with Crippen molar-refractivity contribution in [1.82, 2.24) is 0 Å². The van der Waals surface area contributed by atoms with Crippen molar-refractivity contribution in [3.63, 3.8) is 0 Å². The molecular weight excluding hydrogens is 220 g/mol. The lowest BCUT2D eigenvalue weighted by molar-refractivity contribution is -0.0166. The largest absolute Gasteiger partial charge is 0.448 e. The van der Waals surface area contributed by atoms with E-state index in [1.807, 2.05) is 0 Å². The molecule has 1 aromatic heterocycles. The minimum atomic E-state index is -3.06. The summed E-state index contributed by atoms with van der Waals surface area (Å²) in [6, 6.07) is 2.59. The number of halogens is 3. The summed E-state index contributed by atoms with van der Waals surface area (Å²) in [5.74, 6) is -3.47. The third-order valence-corrected chi connectivity index (χ3v) is 1.62. The Morgan fingerprint density at radius 3 is 2.55 bits per heavy atom. The highest BCUT2D eigenvalue weighted by atomic mass is 79.9. The van der Waals surface area contributed by atoms with E-state index in [1.165, 1.54) is 12.1 Å².